The standard InChI is InChI=1S/C9H17N3O/c1-4-5-9-11-8(12-13-9)6-7(2)10-3/h7,10H,4-6H2,1-3H3. The highest BCUT2D eigenvalue weighted by Gasteiger charge is 2.07. The van der Waals surface area contributed by atoms with E-state index in [2.05, 4.69) is 29.3 Å². The zero-order chi connectivity index (χ0) is 9.68. The molecule has 0 radical (unpaired) electrons. The summed E-state index contributed by atoms with van der Waals surface area (Å²) in [5, 5.41) is 7.03. The van der Waals surface area contributed by atoms with Gasteiger partial charge in [0.05, 0.1) is 0 Å². The van der Waals surface area contributed by atoms with Gasteiger partial charge in [-0.1, -0.05) is 12.1 Å². The summed E-state index contributed by atoms with van der Waals surface area (Å²) >= 11 is 0. The first kappa shape index (κ1) is 10.2. The van der Waals surface area contributed by atoms with Crippen LogP contribution in [0.3, 0.4) is 0 Å². The van der Waals surface area contributed by atoms with Gasteiger partial charge in [-0.15, -0.1) is 0 Å². The van der Waals surface area contributed by atoms with Crippen LogP contribution in [-0.4, -0.2) is 23.2 Å². The molecule has 0 saturated heterocycles. The van der Waals surface area contributed by atoms with E-state index in [0.717, 1.165) is 31.0 Å². The lowest BCUT2D eigenvalue weighted by atomic mass is 10.2. The van der Waals surface area contributed by atoms with Gasteiger partial charge in [-0.25, -0.2) is 0 Å². The molecule has 0 aromatic carbocycles. The predicted octanol–water partition coefficient (Wildman–Crippen LogP) is 1.17. The van der Waals surface area contributed by atoms with E-state index in [-0.39, 0.29) is 0 Å². The fraction of sp³-hybridized carbons (Fsp3) is 0.778. The van der Waals surface area contributed by atoms with Gasteiger partial charge >= 0.3 is 0 Å². The lowest BCUT2D eigenvalue weighted by Gasteiger charge is -2.04. The Morgan fingerprint density at radius 3 is 2.92 bits per heavy atom. The maximum absolute atomic E-state index is 5.06. The highest BCUT2D eigenvalue weighted by molar-refractivity contribution is 4.89. The van der Waals surface area contributed by atoms with Gasteiger partial charge in [0.25, 0.3) is 0 Å². The Balaban J connectivity index is 2.48. The lowest BCUT2D eigenvalue weighted by Crippen LogP contribution is -2.24. The summed E-state index contributed by atoms with van der Waals surface area (Å²) in [4.78, 5) is 4.27. The van der Waals surface area contributed by atoms with Gasteiger partial charge in [0.15, 0.2) is 5.82 Å². The van der Waals surface area contributed by atoms with Crippen molar-refractivity contribution in [1.82, 2.24) is 15.5 Å². The predicted molar refractivity (Wildman–Crippen MR) is 50.5 cm³/mol. The van der Waals surface area contributed by atoms with Crippen LogP contribution in [0.5, 0.6) is 0 Å². The Hall–Kier alpha value is -0.900. The average molecular weight is 183 g/mol. The molecule has 1 atom stereocenters. The first-order valence-corrected chi connectivity index (χ1v) is 4.75. The molecule has 13 heavy (non-hydrogen) atoms. The highest BCUT2D eigenvalue weighted by Crippen LogP contribution is 2.02. The van der Waals surface area contributed by atoms with Crippen molar-refractivity contribution in [3.8, 4) is 0 Å². The van der Waals surface area contributed by atoms with E-state index < -0.39 is 0 Å². The number of nitrogens with one attached hydrogen (secondary N) is 1. The zero-order valence-electron chi connectivity index (χ0n) is 8.50. The van der Waals surface area contributed by atoms with Gasteiger partial charge in [0.1, 0.15) is 0 Å². The van der Waals surface area contributed by atoms with E-state index in [1.807, 2.05) is 7.05 Å². The van der Waals surface area contributed by atoms with Crippen molar-refractivity contribution < 1.29 is 4.52 Å². The Kier molecular flexibility index (Phi) is 3.89. The molecule has 0 aliphatic rings. The molecule has 1 heterocycles. The van der Waals surface area contributed by atoms with Crippen molar-refractivity contribution >= 4 is 0 Å². The molecule has 1 rings (SSSR count). The molecular weight excluding hydrogens is 166 g/mol. The smallest absolute Gasteiger partial charge is 0.226 e. The van der Waals surface area contributed by atoms with E-state index in [9.17, 15) is 0 Å². The number of hydrogen-bond acceptors (Lipinski definition) is 4. The third-order valence-electron chi connectivity index (χ3n) is 1.96. The fourth-order valence-corrected chi connectivity index (χ4v) is 1.06. The number of hydrogen-bond donors (Lipinski definition) is 1. The maximum atomic E-state index is 5.06. The van der Waals surface area contributed by atoms with Crippen molar-refractivity contribution in [3.05, 3.63) is 11.7 Å². The minimum Gasteiger partial charge on any atom is -0.339 e. The molecule has 0 aliphatic heterocycles. The van der Waals surface area contributed by atoms with Gasteiger partial charge in [-0.2, -0.15) is 4.98 Å². The van der Waals surface area contributed by atoms with Gasteiger partial charge in [0, 0.05) is 18.9 Å². The van der Waals surface area contributed by atoms with E-state index in [1.54, 1.807) is 0 Å². The van der Waals surface area contributed by atoms with E-state index >= 15 is 0 Å². The van der Waals surface area contributed by atoms with Crippen LogP contribution in [-0.2, 0) is 12.8 Å². The molecule has 74 valence electrons. The second kappa shape index (κ2) is 4.97. The van der Waals surface area contributed by atoms with Gasteiger partial charge in [-0.05, 0) is 20.4 Å². The minimum atomic E-state index is 0.395. The lowest BCUT2D eigenvalue weighted by molar-refractivity contribution is 0.370. The molecule has 0 saturated carbocycles. The summed E-state index contributed by atoms with van der Waals surface area (Å²) < 4.78 is 5.06. The van der Waals surface area contributed by atoms with Crippen LogP contribution in [0.15, 0.2) is 4.52 Å². The summed E-state index contributed by atoms with van der Waals surface area (Å²) in [5.41, 5.74) is 0. The first-order chi connectivity index (χ1) is 6.26. The van der Waals surface area contributed by atoms with Crippen molar-refractivity contribution in [1.29, 1.82) is 0 Å². The Morgan fingerprint density at radius 1 is 1.54 bits per heavy atom. The molecule has 1 N–H and O–H groups in total. The van der Waals surface area contributed by atoms with Crippen LogP contribution in [0.1, 0.15) is 32.0 Å². The molecule has 0 bridgehead atoms. The van der Waals surface area contributed by atoms with Gasteiger partial charge in [-0.3, -0.25) is 0 Å². The third kappa shape index (κ3) is 3.14. The molecule has 0 amide bonds. The number of likely N-dealkylation sites (N-methyl/N-ethyl adjacent to an activating group) is 1. The summed E-state index contributed by atoms with van der Waals surface area (Å²) in [6, 6.07) is 0.395. The second-order valence-electron chi connectivity index (χ2n) is 3.25. The van der Waals surface area contributed by atoms with E-state index in [1.165, 1.54) is 0 Å². The van der Waals surface area contributed by atoms with E-state index in [4.69, 9.17) is 4.52 Å². The Morgan fingerprint density at radius 2 is 2.31 bits per heavy atom. The van der Waals surface area contributed by atoms with Crippen molar-refractivity contribution in [2.45, 2.75) is 39.2 Å². The van der Waals surface area contributed by atoms with Crippen LogP contribution >= 0.6 is 0 Å². The van der Waals surface area contributed by atoms with Crippen LogP contribution < -0.4 is 5.32 Å². The number of aryl methyl sites for hydroxylation is 1. The van der Waals surface area contributed by atoms with Crippen molar-refractivity contribution in [3.63, 3.8) is 0 Å². The summed E-state index contributed by atoms with van der Waals surface area (Å²) in [7, 11) is 1.93. The highest BCUT2D eigenvalue weighted by atomic mass is 16.5. The summed E-state index contributed by atoms with van der Waals surface area (Å²) in [6.45, 7) is 4.19. The molecular formula is C9H17N3O. The monoisotopic (exact) mass is 183 g/mol. The Bertz CT molecular complexity index is 247. The fourth-order valence-electron chi connectivity index (χ4n) is 1.06. The quantitative estimate of drug-likeness (QED) is 0.744. The third-order valence-corrected chi connectivity index (χ3v) is 1.96. The van der Waals surface area contributed by atoms with Crippen LogP contribution in [0.25, 0.3) is 0 Å². The molecule has 4 nitrogen and oxygen atoms in total. The van der Waals surface area contributed by atoms with E-state index in [0.29, 0.717) is 6.04 Å². The average Bonchev–Trinajstić information content (AvgIpc) is 2.53. The maximum Gasteiger partial charge on any atom is 0.226 e. The number of nitrogens with zero attached hydrogens (tertiary/aromatic N) is 2. The van der Waals surface area contributed by atoms with Crippen molar-refractivity contribution in [2.75, 3.05) is 7.05 Å². The summed E-state index contributed by atoms with van der Waals surface area (Å²) in [5.74, 6) is 1.55. The topological polar surface area (TPSA) is 51.0 Å². The SMILES string of the molecule is CCCc1nc(CC(C)NC)no1. The summed E-state index contributed by atoms with van der Waals surface area (Å²) in [6.07, 6.45) is 2.74. The molecule has 1 unspecified atom stereocenters. The largest absolute Gasteiger partial charge is 0.339 e. The normalized spacial score (nSPS) is 13.2. The minimum absolute atomic E-state index is 0.395. The molecule has 1 aromatic rings. The molecule has 0 spiro atoms. The number of aromatic nitrogens is 2. The van der Waals surface area contributed by atoms with Crippen LogP contribution in [0, 0.1) is 0 Å². The van der Waals surface area contributed by atoms with Gasteiger partial charge in [0.2, 0.25) is 5.89 Å². The second-order valence-corrected chi connectivity index (χ2v) is 3.25. The van der Waals surface area contributed by atoms with Crippen LogP contribution in [0.2, 0.25) is 0 Å². The molecule has 4 heteroatoms. The van der Waals surface area contributed by atoms with Crippen molar-refractivity contribution in [2.24, 2.45) is 0 Å². The molecule has 0 fully saturated rings. The Labute approximate surface area is 78.7 Å². The first-order valence-electron chi connectivity index (χ1n) is 4.75. The zero-order valence-corrected chi connectivity index (χ0v) is 8.50. The van der Waals surface area contributed by atoms with Gasteiger partial charge < -0.3 is 9.84 Å². The number of rotatable bonds is 5. The molecule has 0 aliphatic carbocycles. The van der Waals surface area contributed by atoms with Crippen LogP contribution in [0.4, 0.5) is 0 Å². The molecule has 1 aromatic heterocycles.